The molecule has 2 aromatic carbocycles. The molecule has 3 nitrogen and oxygen atoms in total. The van der Waals surface area contributed by atoms with Crippen molar-refractivity contribution in [2.45, 2.75) is 26.5 Å². The van der Waals surface area contributed by atoms with E-state index >= 15 is 0 Å². The third kappa shape index (κ3) is 6.29. The average molecular weight is 298 g/mol. The van der Waals surface area contributed by atoms with Gasteiger partial charge in [-0.25, -0.2) is 0 Å². The average Bonchev–Trinajstić information content (AvgIpc) is 2.57. The van der Waals surface area contributed by atoms with E-state index < -0.39 is 0 Å². The van der Waals surface area contributed by atoms with E-state index in [4.69, 9.17) is 4.74 Å². The van der Waals surface area contributed by atoms with Crippen LogP contribution in [-0.4, -0.2) is 19.6 Å². The Labute approximate surface area is 133 Å². The van der Waals surface area contributed by atoms with Gasteiger partial charge in [0, 0.05) is 6.54 Å². The maximum Gasteiger partial charge on any atom is 0.120 e. The molecule has 2 rings (SSSR count). The number of benzene rings is 2. The molecule has 0 fully saturated rings. The fourth-order valence-electron chi connectivity index (χ4n) is 2.23. The molecule has 2 aromatic rings. The van der Waals surface area contributed by atoms with Crippen LogP contribution < -0.4 is 15.4 Å². The molecule has 0 heterocycles. The number of nitrogens with one attached hydrogen (secondary N) is 2. The summed E-state index contributed by atoms with van der Waals surface area (Å²) < 4.78 is 5.85. The highest BCUT2D eigenvalue weighted by Crippen LogP contribution is 2.15. The van der Waals surface area contributed by atoms with Crippen LogP contribution >= 0.6 is 0 Å². The Morgan fingerprint density at radius 3 is 2.45 bits per heavy atom. The molecule has 0 atom stereocenters. The lowest BCUT2D eigenvalue weighted by Crippen LogP contribution is -2.21. The summed E-state index contributed by atoms with van der Waals surface area (Å²) in [5, 5.41) is 6.79. The third-order valence-corrected chi connectivity index (χ3v) is 3.43. The Kier molecular flexibility index (Phi) is 7.50. The molecule has 0 aromatic heterocycles. The highest BCUT2D eigenvalue weighted by molar-refractivity contribution is 5.29. The van der Waals surface area contributed by atoms with E-state index in [9.17, 15) is 0 Å². The molecule has 0 aliphatic carbocycles. The fraction of sp³-hybridized carbons (Fsp3) is 0.368. The van der Waals surface area contributed by atoms with Gasteiger partial charge in [0.25, 0.3) is 0 Å². The molecule has 0 aliphatic rings. The monoisotopic (exact) mass is 298 g/mol. The number of rotatable bonds is 10. The zero-order chi connectivity index (χ0) is 15.5. The summed E-state index contributed by atoms with van der Waals surface area (Å²) in [5.74, 6) is 0.927. The van der Waals surface area contributed by atoms with Crippen molar-refractivity contribution < 1.29 is 4.74 Å². The minimum atomic E-state index is 0.612. The predicted octanol–water partition coefficient (Wildman–Crippen LogP) is 3.35. The van der Waals surface area contributed by atoms with Crippen LogP contribution in [0.25, 0.3) is 0 Å². The summed E-state index contributed by atoms with van der Waals surface area (Å²) in [7, 11) is 0. The predicted molar refractivity (Wildman–Crippen MR) is 92.1 cm³/mol. The number of ether oxygens (including phenoxy) is 1. The van der Waals surface area contributed by atoms with Crippen LogP contribution in [0, 0.1) is 0 Å². The van der Waals surface area contributed by atoms with Gasteiger partial charge in [0.15, 0.2) is 0 Å². The molecule has 2 N–H and O–H groups in total. The quantitative estimate of drug-likeness (QED) is 0.660. The maximum absolute atomic E-state index is 5.85. The zero-order valence-electron chi connectivity index (χ0n) is 13.3. The van der Waals surface area contributed by atoms with E-state index in [1.54, 1.807) is 0 Å². The summed E-state index contributed by atoms with van der Waals surface area (Å²) in [5.41, 5.74) is 2.45. The van der Waals surface area contributed by atoms with Gasteiger partial charge in [0.2, 0.25) is 0 Å². The molecule has 0 spiro atoms. The highest BCUT2D eigenvalue weighted by Gasteiger charge is 1.98. The normalized spacial score (nSPS) is 10.6. The molecular weight excluding hydrogens is 272 g/mol. The zero-order valence-corrected chi connectivity index (χ0v) is 13.3. The van der Waals surface area contributed by atoms with Gasteiger partial charge in [0.1, 0.15) is 12.4 Å². The van der Waals surface area contributed by atoms with E-state index in [0.29, 0.717) is 6.61 Å². The summed E-state index contributed by atoms with van der Waals surface area (Å²) >= 11 is 0. The van der Waals surface area contributed by atoms with Crippen molar-refractivity contribution in [1.82, 2.24) is 10.6 Å². The summed E-state index contributed by atoms with van der Waals surface area (Å²) in [6.45, 7) is 6.77. The molecule has 118 valence electrons. The summed E-state index contributed by atoms with van der Waals surface area (Å²) in [6, 6.07) is 18.6. The first-order chi connectivity index (χ1) is 10.9. The lowest BCUT2D eigenvalue weighted by molar-refractivity contribution is 0.306. The third-order valence-electron chi connectivity index (χ3n) is 3.43. The first-order valence-corrected chi connectivity index (χ1v) is 8.05. The Morgan fingerprint density at radius 1 is 0.864 bits per heavy atom. The van der Waals surface area contributed by atoms with Gasteiger partial charge in [0.05, 0.1) is 0 Å². The van der Waals surface area contributed by atoms with E-state index in [-0.39, 0.29) is 0 Å². The second-order valence-corrected chi connectivity index (χ2v) is 5.31. The van der Waals surface area contributed by atoms with Crippen LogP contribution in [-0.2, 0) is 13.2 Å². The molecular formula is C19H26N2O. The topological polar surface area (TPSA) is 33.3 Å². The van der Waals surface area contributed by atoms with Crippen molar-refractivity contribution in [2.24, 2.45) is 0 Å². The Hall–Kier alpha value is -1.84. The molecule has 0 unspecified atom stereocenters. The van der Waals surface area contributed by atoms with Crippen molar-refractivity contribution in [1.29, 1.82) is 0 Å². The lowest BCUT2D eigenvalue weighted by atomic mass is 10.2. The van der Waals surface area contributed by atoms with Crippen molar-refractivity contribution in [3.63, 3.8) is 0 Å². The SMILES string of the molecule is CCNCCCNCc1cccc(OCc2ccccc2)c1. The standard InChI is InChI=1S/C19H26N2O/c1-2-20-12-7-13-21-15-18-10-6-11-19(14-18)22-16-17-8-4-3-5-9-17/h3-6,8-11,14,20-21H,2,7,12-13,15-16H2,1H3. The van der Waals surface area contributed by atoms with Crippen molar-refractivity contribution in [2.75, 3.05) is 19.6 Å². The van der Waals surface area contributed by atoms with E-state index in [1.807, 2.05) is 24.3 Å². The minimum Gasteiger partial charge on any atom is -0.489 e. The van der Waals surface area contributed by atoms with Crippen molar-refractivity contribution in [3.05, 3.63) is 65.7 Å². The first-order valence-electron chi connectivity index (χ1n) is 8.05. The van der Waals surface area contributed by atoms with Crippen LogP contribution in [0.1, 0.15) is 24.5 Å². The van der Waals surface area contributed by atoms with Crippen LogP contribution in [0.2, 0.25) is 0 Å². The fourth-order valence-corrected chi connectivity index (χ4v) is 2.23. The molecule has 0 saturated carbocycles. The summed E-state index contributed by atoms with van der Waals surface area (Å²) in [6.07, 6.45) is 1.15. The Morgan fingerprint density at radius 2 is 1.64 bits per heavy atom. The van der Waals surface area contributed by atoms with Crippen LogP contribution in [0.3, 0.4) is 0 Å². The Balaban J connectivity index is 1.72. The molecule has 0 aliphatic heterocycles. The smallest absolute Gasteiger partial charge is 0.120 e. The van der Waals surface area contributed by atoms with Gasteiger partial charge in [-0.2, -0.15) is 0 Å². The summed E-state index contributed by atoms with van der Waals surface area (Å²) in [4.78, 5) is 0. The van der Waals surface area contributed by atoms with Gasteiger partial charge >= 0.3 is 0 Å². The number of hydrogen-bond acceptors (Lipinski definition) is 3. The molecule has 22 heavy (non-hydrogen) atoms. The van der Waals surface area contributed by atoms with Gasteiger partial charge < -0.3 is 15.4 Å². The Bertz CT molecular complexity index is 528. The van der Waals surface area contributed by atoms with E-state index in [1.165, 1.54) is 11.1 Å². The largest absolute Gasteiger partial charge is 0.489 e. The van der Waals surface area contributed by atoms with Crippen molar-refractivity contribution >= 4 is 0 Å². The van der Waals surface area contributed by atoms with Gasteiger partial charge in [-0.3, -0.25) is 0 Å². The minimum absolute atomic E-state index is 0.612. The van der Waals surface area contributed by atoms with Crippen LogP contribution in [0.5, 0.6) is 5.75 Å². The second kappa shape index (κ2) is 9.98. The van der Waals surface area contributed by atoms with E-state index in [2.05, 4.69) is 47.9 Å². The highest BCUT2D eigenvalue weighted by atomic mass is 16.5. The van der Waals surface area contributed by atoms with Gasteiger partial charge in [-0.1, -0.05) is 49.4 Å². The van der Waals surface area contributed by atoms with E-state index in [0.717, 1.165) is 38.3 Å². The molecule has 3 heteroatoms. The molecule has 0 bridgehead atoms. The second-order valence-electron chi connectivity index (χ2n) is 5.31. The maximum atomic E-state index is 5.85. The van der Waals surface area contributed by atoms with Crippen molar-refractivity contribution in [3.8, 4) is 5.75 Å². The lowest BCUT2D eigenvalue weighted by Gasteiger charge is -2.09. The molecule has 0 amide bonds. The molecule has 0 saturated heterocycles. The van der Waals surface area contributed by atoms with Crippen LogP contribution in [0.4, 0.5) is 0 Å². The molecule has 0 radical (unpaired) electrons. The van der Waals surface area contributed by atoms with Gasteiger partial charge in [-0.05, 0) is 49.3 Å². The number of hydrogen-bond donors (Lipinski definition) is 2. The van der Waals surface area contributed by atoms with Crippen LogP contribution in [0.15, 0.2) is 54.6 Å². The first kappa shape index (κ1) is 16.5. The van der Waals surface area contributed by atoms with Gasteiger partial charge in [-0.15, -0.1) is 0 Å².